The van der Waals surface area contributed by atoms with Gasteiger partial charge in [-0.1, -0.05) is 49.3 Å². The van der Waals surface area contributed by atoms with Crippen LogP contribution in [0.25, 0.3) is 22.5 Å². The fourth-order valence-corrected chi connectivity index (χ4v) is 3.81. The van der Waals surface area contributed by atoms with Gasteiger partial charge in [0.1, 0.15) is 0 Å². The largest absolute Gasteiger partial charge is 0.332 e. The Bertz CT molecular complexity index is 1190. The number of hydrogen-bond donors (Lipinski definition) is 1. The Morgan fingerprint density at radius 1 is 1.17 bits per heavy atom. The van der Waals surface area contributed by atoms with Gasteiger partial charge in [0, 0.05) is 30.0 Å². The monoisotopic (exact) mass is 387 g/mol. The molecule has 4 aromatic rings. The van der Waals surface area contributed by atoms with Crippen molar-refractivity contribution >= 4 is 22.5 Å². The van der Waals surface area contributed by atoms with E-state index in [-0.39, 0.29) is 11.8 Å². The molecule has 0 radical (unpaired) electrons. The second-order valence-electron chi connectivity index (χ2n) is 7.73. The molecule has 1 aliphatic heterocycles. The molecular formula is C22H21N5O2. The van der Waals surface area contributed by atoms with Crippen molar-refractivity contribution in [3.05, 3.63) is 59.9 Å². The van der Waals surface area contributed by atoms with Crippen LogP contribution in [0.3, 0.4) is 0 Å². The standard InChI is InChI=1S/C22H21N5O2/c1-13(2)14-6-5-7-16(10-14)27-12-15(11-19(27)28)21-23-22(29-26-21)20-17-8-3-4-9-18(17)24-25-20/h3-10,13,15H,11-12H2,1-2H3,(H,24,25). The first-order valence-corrected chi connectivity index (χ1v) is 9.77. The SMILES string of the molecule is CC(C)c1cccc(N2CC(c3noc(-c4n[nH]c5ccccc45)n3)CC2=O)c1. The molecule has 0 aliphatic carbocycles. The molecule has 2 aromatic carbocycles. The average molecular weight is 387 g/mol. The number of H-pyrrole nitrogens is 1. The number of aromatic amines is 1. The number of rotatable bonds is 4. The summed E-state index contributed by atoms with van der Waals surface area (Å²) in [6.07, 6.45) is 0.367. The Balaban J connectivity index is 1.40. The van der Waals surface area contributed by atoms with Crippen LogP contribution in [0.2, 0.25) is 0 Å². The summed E-state index contributed by atoms with van der Waals surface area (Å²) >= 11 is 0. The van der Waals surface area contributed by atoms with Crippen LogP contribution in [0, 0.1) is 0 Å². The van der Waals surface area contributed by atoms with E-state index in [1.807, 2.05) is 41.3 Å². The molecule has 0 bridgehead atoms. The van der Waals surface area contributed by atoms with E-state index in [9.17, 15) is 4.79 Å². The molecule has 29 heavy (non-hydrogen) atoms. The van der Waals surface area contributed by atoms with Crippen LogP contribution in [0.5, 0.6) is 0 Å². The van der Waals surface area contributed by atoms with Crippen molar-refractivity contribution in [1.82, 2.24) is 20.3 Å². The highest BCUT2D eigenvalue weighted by molar-refractivity contribution is 5.96. The summed E-state index contributed by atoms with van der Waals surface area (Å²) in [5.74, 6) is 1.29. The topological polar surface area (TPSA) is 87.9 Å². The second kappa shape index (κ2) is 6.84. The number of carbonyl (C=O) groups excluding carboxylic acids is 1. The highest BCUT2D eigenvalue weighted by atomic mass is 16.5. The van der Waals surface area contributed by atoms with Crippen molar-refractivity contribution < 1.29 is 9.32 Å². The van der Waals surface area contributed by atoms with Crippen LogP contribution in [0.15, 0.2) is 53.1 Å². The smallest absolute Gasteiger partial charge is 0.279 e. The minimum absolute atomic E-state index is 0.0764. The summed E-state index contributed by atoms with van der Waals surface area (Å²) in [6, 6.07) is 15.9. The lowest BCUT2D eigenvalue weighted by atomic mass is 10.0. The van der Waals surface area contributed by atoms with Gasteiger partial charge < -0.3 is 9.42 Å². The number of carbonyl (C=O) groups is 1. The zero-order valence-corrected chi connectivity index (χ0v) is 16.3. The Kier molecular flexibility index (Phi) is 4.16. The van der Waals surface area contributed by atoms with E-state index in [0.29, 0.717) is 36.3 Å². The molecule has 1 N–H and O–H groups in total. The van der Waals surface area contributed by atoms with Crippen LogP contribution < -0.4 is 4.90 Å². The fraction of sp³-hybridized carbons (Fsp3) is 0.273. The molecule has 7 nitrogen and oxygen atoms in total. The summed E-state index contributed by atoms with van der Waals surface area (Å²) in [4.78, 5) is 19.0. The third-order valence-corrected chi connectivity index (χ3v) is 5.45. The van der Waals surface area contributed by atoms with Gasteiger partial charge in [0.15, 0.2) is 11.5 Å². The molecule has 1 amide bonds. The van der Waals surface area contributed by atoms with Crippen LogP contribution in [-0.2, 0) is 4.79 Å². The van der Waals surface area contributed by atoms with Crippen LogP contribution in [-0.4, -0.2) is 32.8 Å². The first kappa shape index (κ1) is 17.6. The lowest BCUT2D eigenvalue weighted by Gasteiger charge is -2.18. The van der Waals surface area contributed by atoms with Gasteiger partial charge in [0.25, 0.3) is 5.89 Å². The molecule has 0 spiro atoms. The molecule has 3 heterocycles. The van der Waals surface area contributed by atoms with Crippen molar-refractivity contribution in [1.29, 1.82) is 0 Å². The van der Waals surface area contributed by atoms with Crippen LogP contribution in [0.1, 0.15) is 43.5 Å². The predicted octanol–water partition coefficient (Wildman–Crippen LogP) is 4.26. The molecule has 1 unspecified atom stereocenters. The minimum Gasteiger partial charge on any atom is -0.332 e. The van der Waals surface area contributed by atoms with Crippen molar-refractivity contribution in [2.45, 2.75) is 32.1 Å². The maximum atomic E-state index is 12.7. The number of aromatic nitrogens is 4. The summed E-state index contributed by atoms with van der Waals surface area (Å²) in [5.41, 5.74) is 3.68. The van der Waals surface area contributed by atoms with Gasteiger partial charge in [0.2, 0.25) is 5.91 Å². The maximum absolute atomic E-state index is 12.7. The number of amides is 1. The van der Waals surface area contributed by atoms with E-state index in [1.54, 1.807) is 0 Å². The quantitative estimate of drug-likeness (QED) is 0.565. The Morgan fingerprint density at radius 3 is 2.90 bits per heavy atom. The van der Waals surface area contributed by atoms with E-state index in [0.717, 1.165) is 16.6 Å². The maximum Gasteiger partial charge on any atom is 0.279 e. The Hall–Kier alpha value is -3.48. The molecule has 1 saturated heterocycles. The van der Waals surface area contributed by atoms with Gasteiger partial charge in [-0.25, -0.2) is 0 Å². The summed E-state index contributed by atoms with van der Waals surface area (Å²) < 4.78 is 5.48. The van der Waals surface area contributed by atoms with E-state index in [2.05, 4.69) is 46.3 Å². The lowest BCUT2D eigenvalue weighted by molar-refractivity contribution is -0.117. The summed E-state index contributed by atoms with van der Waals surface area (Å²) in [6.45, 7) is 4.83. The van der Waals surface area contributed by atoms with Crippen LogP contribution in [0.4, 0.5) is 5.69 Å². The predicted molar refractivity (Wildman–Crippen MR) is 110 cm³/mol. The van der Waals surface area contributed by atoms with Gasteiger partial charge in [0.05, 0.1) is 5.52 Å². The number of nitrogens with one attached hydrogen (secondary N) is 1. The molecule has 1 aliphatic rings. The third kappa shape index (κ3) is 3.08. The highest BCUT2D eigenvalue weighted by Gasteiger charge is 2.35. The molecule has 5 rings (SSSR count). The molecule has 2 aromatic heterocycles. The fourth-order valence-electron chi connectivity index (χ4n) is 3.81. The van der Waals surface area contributed by atoms with Gasteiger partial charge in [-0.05, 0) is 29.7 Å². The van der Waals surface area contributed by atoms with E-state index < -0.39 is 0 Å². The molecular weight excluding hydrogens is 366 g/mol. The number of nitrogens with zero attached hydrogens (tertiary/aromatic N) is 4. The first-order chi connectivity index (χ1) is 14.1. The molecule has 1 fully saturated rings. The Morgan fingerprint density at radius 2 is 2.03 bits per heavy atom. The van der Waals surface area contributed by atoms with Crippen molar-refractivity contribution in [2.75, 3.05) is 11.4 Å². The van der Waals surface area contributed by atoms with E-state index in [1.165, 1.54) is 5.56 Å². The Labute approximate surface area is 167 Å². The molecule has 7 heteroatoms. The van der Waals surface area contributed by atoms with Gasteiger partial charge >= 0.3 is 0 Å². The second-order valence-corrected chi connectivity index (χ2v) is 7.73. The number of hydrogen-bond acceptors (Lipinski definition) is 5. The molecule has 0 saturated carbocycles. The number of para-hydroxylation sites is 1. The first-order valence-electron chi connectivity index (χ1n) is 9.77. The van der Waals surface area contributed by atoms with Crippen LogP contribution >= 0.6 is 0 Å². The summed E-state index contributed by atoms with van der Waals surface area (Å²) in [7, 11) is 0. The normalized spacial score (nSPS) is 17.0. The molecule has 146 valence electrons. The lowest BCUT2D eigenvalue weighted by Crippen LogP contribution is -2.24. The van der Waals surface area contributed by atoms with E-state index in [4.69, 9.17) is 4.52 Å². The molecule has 1 atom stereocenters. The average Bonchev–Trinajstić information content (AvgIpc) is 3.45. The van der Waals surface area contributed by atoms with Crippen molar-refractivity contribution in [2.24, 2.45) is 0 Å². The van der Waals surface area contributed by atoms with Crippen molar-refractivity contribution in [3.8, 4) is 11.6 Å². The van der Waals surface area contributed by atoms with Gasteiger partial charge in [-0.15, -0.1) is 0 Å². The summed E-state index contributed by atoms with van der Waals surface area (Å²) in [5, 5.41) is 12.4. The number of fused-ring (bicyclic) bond motifs is 1. The van der Waals surface area contributed by atoms with E-state index >= 15 is 0 Å². The third-order valence-electron chi connectivity index (χ3n) is 5.45. The zero-order valence-electron chi connectivity index (χ0n) is 16.3. The minimum atomic E-state index is -0.104. The van der Waals surface area contributed by atoms with Gasteiger partial charge in [-0.3, -0.25) is 9.89 Å². The van der Waals surface area contributed by atoms with Gasteiger partial charge in [-0.2, -0.15) is 10.1 Å². The number of benzene rings is 2. The van der Waals surface area contributed by atoms with Crippen molar-refractivity contribution in [3.63, 3.8) is 0 Å². The zero-order chi connectivity index (χ0) is 20.0. The highest BCUT2D eigenvalue weighted by Crippen LogP contribution is 2.33. The number of anilines is 1.